The number of fused-ring (bicyclic) bond motifs is 1. The SMILES string of the molecule is CN1CCN([C@@H](c2ccc(F)c(Cl)c2)c2sc3ncnn3c2O)CC1. The van der Waals surface area contributed by atoms with Crippen LogP contribution in [0.4, 0.5) is 4.39 Å². The average Bonchev–Trinajstić information content (AvgIpc) is 3.17. The standard InChI is InChI=1S/C16H17ClFN5OS/c1-21-4-6-22(7-5-21)13(10-2-3-12(18)11(17)8-10)14-15(24)23-16(25-14)19-9-20-23/h2-3,8-9,13,24H,4-7H2,1H3/t13-/m0/s1. The molecular formula is C16H17ClFN5OS. The number of halogens is 2. The summed E-state index contributed by atoms with van der Waals surface area (Å²) in [6.07, 6.45) is 1.41. The van der Waals surface area contributed by atoms with Crippen LogP contribution in [0.1, 0.15) is 16.5 Å². The number of aromatic hydroxyl groups is 1. The van der Waals surface area contributed by atoms with Gasteiger partial charge in [-0.05, 0) is 24.7 Å². The molecule has 1 aliphatic heterocycles. The molecule has 0 spiro atoms. The Kier molecular flexibility index (Phi) is 4.36. The Bertz CT molecular complexity index is 905. The van der Waals surface area contributed by atoms with Crippen molar-refractivity contribution in [2.24, 2.45) is 0 Å². The van der Waals surface area contributed by atoms with Gasteiger partial charge in [0.25, 0.3) is 0 Å². The van der Waals surface area contributed by atoms with Crippen LogP contribution < -0.4 is 0 Å². The summed E-state index contributed by atoms with van der Waals surface area (Å²) < 4.78 is 15.1. The number of nitrogens with zero attached hydrogens (tertiary/aromatic N) is 5. The first-order valence-electron chi connectivity index (χ1n) is 7.93. The molecule has 3 heterocycles. The van der Waals surface area contributed by atoms with Gasteiger partial charge >= 0.3 is 0 Å². The quantitative estimate of drug-likeness (QED) is 0.755. The molecule has 1 fully saturated rings. The molecule has 9 heteroatoms. The fraction of sp³-hybridized carbons (Fsp3) is 0.375. The summed E-state index contributed by atoms with van der Waals surface area (Å²) in [5.74, 6) is -0.378. The van der Waals surface area contributed by atoms with Gasteiger partial charge in [0.15, 0.2) is 0 Å². The Morgan fingerprint density at radius 1 is 1.28 bits per heavy atom. The maximum absolute atomic E-state index is 13.6. The maximum Gasteiger partial charge on any atom is 0.230 e. The molecule has 0 bridgehead atoms. The number of piperazine rings is 1. The summed E-state index contributed by atoms with van der Waals surface area (Å²) in [7, 11) is 2.09. The molecule has 1 saturated heterocycles. The highest BCUT2D eigenvalue weighted by atomic mass is 35.5. The van der Waals surface area contributed by atoms with E-state index in [2.05, 4.69) is 26.9 Å². The molecule has 1 atom stereocenters. The molecule has 0 saturated carbocycles. The Labute approximate surface area is 153 Å². The van der Waals surface area contributed by atoms with E-state index in [0.717, 1.165) is 36.6 Å². The second kappa shape index (κ2) is 6.53. The molecule has 25 heavy (non-hydrogen) atoms. The summed E-state index contributed by atoms with van der Waals surface area (Å²) in [5, 5.41) is 14.8. The molecule has 0 amide bonds. The Morgan fingerprint density at radius 3 is 2.72 bits per heavy atom. The van der Waals surface area contributed by atoms with E-state index in [1.165, 1.54) is 28.2 Å². The van der Waals surface area contributed by atoms with Gasteiger partial charge < -0.3 is 10.0 Å². The molecule has 1 N–H and O–H groups in total. The highest BCUT2D eigenvalue weighted by Crippen LogP contribution is 2.40. The summed E-state index contributed by atoms with van der Waals surface area (Å²) in [5.41, 5.74) is 0.843. The Hall–Kier alpha value is -1.74. The molecule has 4 rings (SSSR count). The third kappa shape index (κ3) is 2.99. The fourth-order valence-corrected chi connectivity index (χ4v) is 4.44. The van der Waals surface area contributed by atoms with E-state index in [1.807, 2.05) is 0 Å². The Balaban J connectivity index is 1.81. The number of likely N-dealkylation sites (N-methyl/N-ethyl adjacent to an activating group) is 1. The van der Waals surface area contributed by atoms with Gasteiger partial charge in [0, 0.05) is 26.2 Å². The largest absolute Gasteiger partial charge is 0.492 e. The molecule has 0 unspecified atom stereocenters. The molecule has 3 aromatic rings. The summed E-state index contributed by atoms with van der Waals surface area (Å²) in [6.45, 7) is 3.52. The third-order valence-electron chi connectivity index (χ3n) is 4.55. The van der Waals surface area contributed by atoms with Crippen molar-refractivity contribution in [3.8, 4) is 5.88 Å². The number of hydrogen-bond donors (Lipinski definition) is 1. The van der Waals surface area contributed by atoms with Crippen molar-refractivity contribution in [3.05, 3.63) is 45.8 Å². The minimum Gasteiger partial charge on any atom is -0.492 e. The zero-order valence-corrected chi connectivity index (χ0v) is 15.1. The number of rotatable bonds is 3. The van der Waals surface area contributed by atoms with Gasteiger partial charge in [0.1, 0.15) is 12.1 Å². The van der Waals surface area contributed by atoms with E-state index in [9.17, 15) is 9.50 Å². The number of aromatic nitrogens is 3. The van der Waals surface area contributed by atoms with Crippen molar-refractivity contribution in [3.63, 3.8) is 0 Å². The van der Waals surface area contributed by atoms with E-state index >= 15 is 0 Å². The normalized spacial score (nSPS) is 18.0. The van der Waals surface area contributed by atoms with Crippen LogP contribution in [0.5, 0.6) is 5.88 Å². The van der Waals surface area contributed by atoms with Crippen molar-refractivity contribution in [1.29, 1.82) is 0 Å². The third-order valence-corrected chi connectivity index (χ3v) is 5.93. The maximum atomic E-state index is 13.6. The van der Waals surface area contributed by atoms with Gasteiger partial charge in [-0.2, -0.15) is 9.61 Å². The molecule has 132 valence electrons. The smallest absolute Gasteiger partial charge is 0.230 e. The highest BCUT2D eigenvalue weighted by molar-refractivity contribution is 7.17. The molecule has 1 aromatic carbocycles. The van der Waals surface area contributed by atoms with E-state index < -0.39 is 5.82 Å². The van der Waals surface area contributed by atoms with Gasteiger partial charge in [0.05, 0.1) is 15.9 Å². The zero-order valence-electron chi connectivity index (χ0n) is 13.6. The van der Waals surface area contributed by atoms with Gasteiger partial charge in [0.2, 0.25) is 10.8 Å². The second-order valence-corrected chi connectivity index (χ2v) is 7.58. The van der Waals surface area contributed by atoms with Crippen molar-refractivity contribution in [2.75, 3.05) is 33.2 Å². The van der Waals surface area contributed by atoms with Gasteiger partial charge in [-0.3, -0.25) is 4.90 Å². The van der Waals surface area contributed by atoms with E-state index in [1.54, 1.807) is 12.1 Å². The second-order valence-electron chi connectivity index (χ2n) is 6.16. The van der Waals surface area contributed by atoms with E-state index in [4.69, 9.17) is 11.6 Å². The fourth-order valence-electron chi connectivity index (χ4n) is 3.16. The van der Waals surface area contributed by atoms with Crippen LogP contribution in [0.15, 0.2) is 24.5 Å². The van der Waals surface area contributed by atoms with Crippen LogP contribution in [-0.4, -0.2) is 62.7 Å². The van der Waals surface area contributed by atoms with Crippen molar-refractivity contribution < 1.29 is 9.50 Å². The Morgan fingerprint density at radius 2 is 2.04 bits per heavy atom. The lowest BCUT2D eigenvalue weighted by atomic mass is 10.0. The van der Waals surface area contributed by atoms with E-state index in [-0.39, 0.29) is 16.9 Å². The average molecular weight is 382 g/mol. The number of thiazole rings is 1. The first-order chi connectivity index (χ1) is 12.0. The van der Waals surface area contributed by atoms with Crippen LogP contribution in [0.2, 0.25) is 5.02 Å². The molecule has 6 nitrogen and oxygen atoms in total. The lowest BCUT2D eigenvalue weighted by Gasteiger charge is -2.37. The minimum atomic E-state index is -0.450. The minimum absolute atomic E-state index is 0.0712. The van der Waals surface area contributed by atoms with Crippen LogP contribution in [0.25, 0.3) is 4.96 Å². The van der Waals surface area contributed by atoms with Crippen molar-refractivity contribution >= 4 is 27.9 Å². The van der Waals surface area contributed by atoms with Crippen LogP contribution in [-0.2, 0) is 0 Å². The topological polar surface area (TPSA) is 56.9 Å². The number of hydrogen-bond acceptors (Lipinski definition) is 6. The van der Waals surface area contributed by atoms with Gasteiger partial charge in [-0.15, -0.1) is 0 Å². The first kappa shape index (κ1) is 16.7. The van der Waals surface area contributed by atoms with Crippen molar-refractivity contribution in [1.82, 2.24) is 24.4 Å². The summed E-state index contributed by atoms with van der Waals surface area (Å²) in [4.78, 5) is 10.1. The van der Waals surface area contributed by atoms with Crippen LogP contribution >= 0.6 is 22.9 Å². The molecule has 2 aromatic heterocycles. The van der Waals surface area contributed by atoms with Crippen molar-refractivity contribution in [2.45, 2.75) is 6.04 Å². The first-order valence-corrected chi connectivity index (χ1v) is 9.13. The molecule has 0 radical (unpaired) electrons. The molecule has 0 aliphatic carbocycles. The van der Waals surface area contributed by atoms with Crippen LogP contribution in [0.3, 0.4) is 0 Å². The lowest BCUT2D eigenvalue weighted by Crippen LogP contribution is -2.46. The predicted octanol–water partition coefficient (Wildman–Crippen LogP) is 2.63. The molecule has 1 aliphatic rings. The van der Waals surface area contributed by atoms with Gasteiger partial charge in [-0.1, -0.05) is 29.0 Å². The van der Waals surface area contributed by atoms with Gasteiger partial charge in [-0.25, -0.2) is 9.37 Å². The predicted molar refractivity (Wildman–Crippen MR) is 94.9 cm³/mol. The molecular weight excluding hydrogens is 365 g/mol. The highest BCUT2D eigenvalue weighted by Gasteiger charge is 2.31. The van der Waals surface area contributed by atoms with Crippen LogP contribution in [0, 0.1) is 5.82 Å². The summed E-state index contributed by atoms with van der Waals surface area (Å²) in [6, 6.07) is 4.50. The lowest BCUT2D eigenvalue weighted by molar-refractivity contribution is 0.127. The zero-order chi connectivity index (χ0) is 17.6. The van der Waals surface area contributed by atoms with E-state index in [0.29, 0.717) is 4.96 Å². The monoisotopic (exact) mass is 381 g/mol. The summed E-state index contributed by atoms with van der Waals surface area (Å²) >= 11 is 7.40. The number of benzene rings is 1.